The molecule has 3 aromatic rings. The Labute approximate surface area is 127 Å². The van der Waals surface area contributed by atoms with Crippen molar-refractivity contribution in [3.8, 4) is 0 Å². The molecule has 0 aliphatic heterocycles. The van der Waals surface area contributed by atoms with Crippen LogP contribution in [0, 0.1) is 5.82 Å². The molecule has 21 heavy (non-hydrogen) atoms. The highest BCUT2D eigenvalue weighted by molar-refractivity contribution is 6.31. The predicted octanol–water partition coefficient (Wildman–Crippen LogP) is 4.91. The van der Waals surface area contributed by atoms with Gasteiger partial charge in [-0.15, -0.1) is 0 Å². The number of aliphatic hydroxyl groups excluding tert-OH is 1. The summed E-state index contributed by atoms with van der Waals surface area (Å²) in [7, 11) is 0. The molecule has 0 aromatic heterocycles. The van der Waals surface area contributed by atoms with E-state index in [4.69, 9.17) is 11.6 Å². The zero-order valence-corrected chi connectivity index (χ0v) is 12.0. The summed E-state index contributed by atoms with van der Waals surface area (Å²) in [6.07, 6.45) is -0.310. The summed E-state index contributed by atoms with van der Waals surface area (Å²) in [5.41, 5.74) is 1.56. The maximum absolute atomic E-state index is 13.0. The summed E-state index contributed by atoms with van der Waals surface area (Å²) in [5, 5.41) is 12.9. The Bertz CT molecular complexity index is 785. The summed E-state index contributed by atoms with van der Waals surface area (Å²) in [6, 6.07) is 18.2. The van der Waals surface area contributed by atoms with Crippen molar-refractivity contribution in [2.75, 3.05) is 0 Å². The summed E-state index contributed by atoms with van der Waals surface area (Å²) < 4.78 is 13.0. The minimum absolute atomic E-state index is 0.253. The third-order valence-electron chi connectivity index (χ3n) is 3.56. The quantitative estimate of drug-likeness (QED) is 0.729. The molecule has 3 rings (SSSR count). The van der Waals surface area contributed by atoms with E-state index in [9.17, 15) is 9.50 Å². The normalized spacial score (nSPS) is 12.5. The Morgan fingerprint density at radius 3 is 2.48 bits per heavy atom. The van der Waals surface area contributed by atoms with Crippen molar-refractivity contribution in [1.82, 2.24) is 0 Å². The first-order chi connectivity index (χ1) is 10.1. The molecule has 0 amide bonds. The molecule has 1 unspecified atom stereocenters. The third kappa shape index (κ3) is 3.07. The first kappa shape index (κ1) is 14.1. The van der Waals surface area contributed by atoms with E-state index in [1.807, 2.05) is 36.4 Å². The number of hydrogen-bond donors (Lipinski definition) is 1. The van der Waals surface area contributed by atoms with E-state index in [0.717, 1.165) is 16.3 Å². The molecule has 3 heteroatoms. The van der Waals surface area contributed by atoms with Crippen LogP contribution in [-0.2, 0) is 6.42 Å². The average Bonchev–Trinajstić information content (AvgIpc) is 2.47. The molecule has 0 radical (unpaired) electrons. The van der Waals surface area contributed by atoms with Gasteiger partial charge < -0.3 is 5.11 Å². The standard InChI is InChI=1S/C18H14ClFO/c19-17-11-15(20)7-8-16(17)18(21)10-12-5-6-13-3-1-2-4-14(13)9-12/h1-9,11,18,21H,10H2. The van der Waals surface area contributed by atoms with Gasteiger partial charge in [-0.3, -0.25) is 0 Å². The lowest BCUT2D eigenvalue weighted by atomic mass is 9.99. The first-order valence-corrected chi connectivity index (χ1v) is 7.12. The van der Waals surface area contributed by atoms with Crippen LogP contribution in [0.15, 0.2) is 60.7 Å². The SMILES string of the molecule is OC(Cc1ccc2ccccc2c1)c1ccc(F)cc1Cl. The molecule has 3 aromatic carbocycles. The van der Waals surface area contributed by atoms with Gasteiger partial charge in [0.2, 0.25) is 0 Å². The second kappa shape index (κ2) is 5.84. The van der Waals surface area contributed by atoms with Crippen molar-refractivity contribution in [3.05, 3.63) is 82.6 Å². The van der Waals surface area contributed by atoms with Crippen molar-refractivity contribution in [2.24, 2.45) is 0 Å². The molecule has 0 saturated carbocycles. The van der Waals surface area contributed by atoms with Gasteiger partial charge in [-0.05, 0) is 34.0 Å². The van der Waals surface area contributed by atoms with Gasteiger partial charge in [0.1, 0.15) is 5.82 Å². The number of aliphatic hydroxyl groups is 1. The second-order valence-corrected chi connectivity index (χ2v) is 5.47. The maximum atomic E-state index is 13.0. The van der Waals surface area contributed by atoms with E-state index < -0.39 is 11.9 Å². The molecular formula is C18H14ClFO. The Balaban J connectivity index is 1.87. The van der Waals surface area contributed by atoms with E-state index in [2.05, 4.69) is 6.07 Å². The zero-order valence-electron chi connectivity index (χ0n) is 11.3. The van der Waals surface area contributed by atoms with E-state index in [-0.39, 0.29) is 5.02 Å². The zero-order chi connectivity index (χ0) is 14.8. The Kier molecular flexibility index (Phi) is 3.91. The smallest absolute Gasteiger partial charge is 0.124 e. The van der Waals surface area contributed by atoms with Crippen LogP contribution in [0.1, 0.15) is 17.2 Å². The number of halogens is 2. The molecule has 0 aliphatic rings. The van der Waals surface area contributed by atoms with E-state index in [1.165, 1.54) is 18.2 Å². The minimum atomic E-state index is -0.751. The second-order valence-electron chi connectivity index (χ2n) is 5.07. The summed E-state index contributed by atoms with van der Waals surface area (Å²) in [4.78, 5) is 0. The molecular weight excluding hydrogens is 287 g/mol. The van der Waals surface area contributed by atoms with Gasteiger partial charge in [0.25, 0.3) is 0 Å². The number of fused-ring (bicyclic) bond motifs is 1. The van der Waals surface area contributed by atoms with Crippen LogP contribution in [-0.4, -0.2) is 5.11 Å². The van der Waals surface area contributed by atoms with Gasteiger partial charge in [0.15, 0.2) is 0 Å². The highest BCUT2D eigenvalue weighted by Gasteiger charge is 2.13. The molecule has 0 bridgehead atoms. The van der Waals surface area contributed by atoms with Crippen molar-refractivity contribution < 1.29 is 9.50 Å². The number of hydrogen-bond acceptors (Lipinski definition) is 1. The minimum Gasteiger partial charge on any atom is -0.388 e. The highest BCUT2D eigenvalue weighted by atomic mass is 35.5. The maximum Gasteiger partial charge on any atom is 0.124 e. The lowest BCUT2D eigenvalue weighted by molar-refractivity contribution is 0.178. The van der Waals surface area contributed by atoms with Gasteiger partial charge in [-0.1, -0.05) is 60.1 Å². The van der Waals surface area contributed by atoms with Crippen molar-refractivity contribution in [1.29, 1.82) is 0 Å². The van der Waals surface area contributed by atoms with Gasteiger partial charge in [0.05, 0.1) is 6.10 Å². The molecule has 0 aliphatic carbocycles. The fraction of sp³-hybridized carbons (Fsp3) is 0.111. The highest BCUT2D eigenvalue weighted by Crippen LogP contribution is 2.27. The molecule has 0 fully saturated rings. The Morgan fingerprint density at radius 1 is 0.952 bits per heavy atom. The van der Waals surface area contributed by atoms with Gasteiger partial charge >= 0.3 is 0 Å². The largest absolute Gasteiger partial charge is 0.388 e. The van der Waals surface area contributed by atoms with E-state index in [1.54, 1.807) is 0 Å². The van der Waals surface area contributed by atoms with Crippen molar-refractivity contribution in [2.45, 2.75) is 12.5 Å². The predicted molar refractivity (Wildman–Crippen MR) is 84.0 cm³/mol. The van der Waals surface area contributed by atoms with E-state index in [0.29, 0.717) is 12.0 Å². The van der Waals surface area contributed by atoms with Crippen LogP contribution in [0.2, 0.25) is 5.02 Å². The van der Waals surface area contributed by atoms with Crippen LogP contribution in [0.25, 0.3) is 10.8 Å². The van der Waals surface area contributed by atoms with Crippen LogP contribution >= 0.6 is 11.6 Å². The molecule has 0 spiro atoms. The number of benzene rings is 3. The fourth-order valence-corrected chi connectivity index (χ4v) is 2.76. The molecule has 1 nitrogen and oxygen atoms in total. The fourth-order valence-electron chi connectivity index (χ4n) is 2.47. The summed E-state index contributed by atoms with van der Waals surface area (Å²) >= 11 is 5.99. The van der Waals surface area contributed by atoms with Gasteiger partial charge in [-0.2, -0.15) is 0 Å². The van der Waals surface area contributed by atoms with Crippen LogP contribution in [0.3, 0.4) is 0 Å². The molecule has 1 N–H and O–H groups in total. The lowest BCUT2D eigenvalue weighted by Gasteiger charge is -2.13. The topological polar surface area (TPSA) is 20.2 Å². The van der Waals surface area contributed by atoms with Crippen LogP contribution in [0.4, 0.5) is 4.39 Å². The van der Waals surface area contributed by atoms with E-state index >= 15 is 0 Å². The van der Waals surface area contributed by atoms with Crippen molar-refractivity contribution in [3.63, 3.8) is 0 Å². The van der Waals surface area contributed by atoms with Gasteiger partial charge in [-0.25, -0.2) is 4.39 Å². The third-order valence-corrected chi connectivity index (χ3v) is 3.89. The van der Waals surface area contributed by atoms with Gasteiger partial charge in [0, 0.05) is 11.4 Å². The Morgan fingerprint density at radius 2 is 1.71 bits per heavy atom. The first-order valence-electron chi connectivity index (χ1n) is 6.74. The monoisotopic (exact) mass is 300 g/mol. The molecule has 0 heterocycles. The molecule has 1 atom stereocenters. The van der Waals surface area contributed by atoms with Crippen molar-refractivity contribution >= 4 is 22.4 Å². The van der Waals surface area contributed by atoms with Crippen LogP contribution in [0.5, 0.6) is 0 Å². The lowest BCUT2D eigenvalue weighted by Crippen LogP contribution is -2.03. The Hall–Kier alpha value is -1.90. The average molecular weight is 301 g/mol. The summed E-state index contributed by atoms with van der Waals surface area (Å²) in [6.45, 7) is 0. The summed E-state index contributed by atoms with van der Waals surface area (Å²) in [5.74, 6) is -0.401. The number of rotatable bonds is 3. The molecule has 0 saturated heterocycles. The van der Waals surface area contributed by atoms with Crippen LogP contribution < -0.4 is 0 Å². The molecule has 106 valence electrons.